The lowest BCUT2D eigenvalue weighted by Crippen LogP contribution is -2.27. The third-order valence-electron chi connectivity index (χ3n) is 2.97. The van der Waals surface area contributed by atoms with Gasteiger partial charge in [0.05, 0.1) is 17.9 Å². The van der Waals surface area contributed by atoms with Gasteiger partial charge in [-0.25, -0.2) is 13.1 Å². The molecular formula is C15H17NO4S. The number of esters is 1. The Kier molecular flexibility index (Phi) is 4.93. The van der Waals surface area contributed by atoms with E-state index in [1.165, 1.54) is 0 Å². The van der Waals surface area contributed by atoms with Crippen molar-refractivity contribution in [3.05, 3.63) is 42.5 Å². The van der Waals surface area contributed by atoms with E-state index in [0.29, 0.717) is 5.39 Å². The molecule has 0 bridgehead atoms. The molecule has 0 saturated carbocycles. The highest BCUT2D eigenvalue weighted by Gasteiger charge is 2.17. The number of nitrogens with one attached hydrogen (secondary N) is 1. The normalized spacial score (nSPS) is 11.5. The van der Waals surface area contributed by atoms with Crippen LogP contribution in [0.15, 0.2) is 47.4 Å². The van der Waals surface area contributed by atoms with E-state index in [4.69, 9.17) is 4.74 Å². The van der Waals surface area contributed by atoms with Crippen LogP contribution in [-0.2, 0) is 19.6 Å². The lowest BCUT2D eigenvalue weighted by molar-refractivity contribution is -0.142. The van der Waals surface area contributed by atoms with Crippen molar-refractivity contribution in [2.75, 3.05) is 13.2 Å². The monoisotopic (exact) mass is 307 g/mol. The summed E-state index contributed by atoms with van der Waals surface area (Å²) in [5.74, 6) is -0.418. The standard InChI is InChI=1S/C15H17NO4S/c1-2-20-15(17)10-11-16-21(18,19)14-9-5-7-12-6-3-4-8-13(12)14/h3-9,16H,2,10-11H2,1H3. The summed E-state index contributed by atoms with van der Waals surface area (Å²) < 4.78 is 31.8. The van der Waals surface area contributed by atoms with Gasteiger partial charge in [0.2, 0.25) is 10.0 Å². The zero-order valence-corrected chi connectivity index (χ0v) is 12.5. The molecule has 0 radical (unpaired) electrons. The van der Waals surface area contributed by atoms with Gasteiger partial charge in [-0.1, -0.05) is 36.4 Å². The Morgan fingerprint density at radius 1 is 1.14 bits per heavy atom. The summed E-state index contributed by atoms with van der Waals surface area (Å²) in [5.41, 5.74) is 0. The van der Waals surface area contributed by atoms with E-state index in [-0.39, 0.29) is 24.5 Å². The molecule has 0 amide bonds. The van der Waals surface area contributed by atoms with Gasteiger partial charge < -0.3 is 4.74 Å². The molecule has 5 nitrogen and oxygen atoms in total. The summed E-state index contributed by atoms with van der Waals surface area (Å²) in [6.07, 6.45) is 0.0117. The molecule has 1 N–H and O–H groups in total. The van der Waals surface area contributed by atoms with E-state index in [0.717, 1.165) is 5.39 Å². The summed E-state index contributed by atoms with van der Waals surface area (Å²) in [6.45, 7) is 2.01. The number of sulfonamides is 1. The quantitative estimate of drug-likeness (QED) is 0.829. The highest BCUT2D eigenvalue weighted by molar-refractivity contribution is 7.89. The van der Waals surface area contributed by atoms with Crippen LogP contribution in [0.5, 0.6) is 0 Å². The number of hydrogen-bond acceptors (Lipinski definition) is 4. The van der Waals surface area contributed by atoms with Gasteiger partial charge in [0.15, 0.2) is 0 Å². The molecule has 0 spiro atoms. The van der Waals surface area contributed by atoms with Crippen LogP contribution in [0.2, 0.25) is 0 Å². The molecular weight excluding hydrogens is 290 g/mol. The van der Waals surface area contributed by atoms with E-state index < -0.39 is 16.0 Å². The number of fused-ring (bicyclic) bond motifs is 1. The molecule has 0 unspecified atom stereocenters. The van der Waals surface area contributed by atoms with Gasteiger partial charge in [-0.2, -0.15) is 0 Å². The number of rotatable bonds is 6. The van der Waals surface area contributed by atoms with Crippen LogP contribution in [0.1, 0.15) is 13.3 Å². The van der Waals surface area contributed by atoms with Gasteiger partial charge in [0.1, 0.15) is 0 Å². The molecule has 0 heterocycles. The number of ether oxygens (including phenoxy) is 1. The molecule has 112 valence electrons. The van der Waals surface area contributed by atoms with Gasteiger partial charge in [-0.3, -0.25) is 4.79 Å². The van der Waals surface area contributed by atoms with Crippen molar-refractivity contribution < 1.29 is 17.9 Å². The molecule has 0 saturated heterocycles. The molecule has 2 aromatic rings. The molecule has 0 atom stereocenters. The zero-order valence-electron chi connectivity index (χ0n) is 11.7. The van der Waals surface area contributed by atoms with Crippen molar-refractivity contribution in [2.45, 2.75) is 18.2 Å². The van der Waals surface area contributed by atoms with Crippen molar-refractivity contribution in [1.82, 2.24) is 4.72 Å². The van der Waals surface area contributed by atoms with E-state index >= 15 is 0 Å². The van der Waals surface area contributed by atoms with Crippen molar-refractivity contribution in [3.8, 4) is 0 Å². The van der Waals surface area contributed by atoms with E-state index in [2.05, 4.69) is 4.72 Å². The van der Waals surface area contributed by atoms with Crippen LogP contribution < -0.4 is 4.72 Å². The number of benzene rings is 2. The largest absolute Gasteiger partial charge is 0.466 e. The number of hydrogen-bond donors (Lipinski definition) is 1. The van der Waals surface area contributed by atoms with E-state index in [1.807, 2.05) is 18.2 Å². The third kappa shape index (κ3) is 3.80. The van der Waals surface area contributed by atoms with Gasteiger partial charge in [0.25, 0.3) is 0 Å². The lowest BCUT2D eigenvalue weighted by Gasteiger charge is -2.09. The van der Waals surface area contributed by atoms with Crippen molar-refractivity contribution in [1.29, 1.82) is 0 Å². The fourth-order valence-corrected chi connectivity index (χ4v) is 3.29. The fraction of sp³-hybridized carbons (Fsp3) is 0.267. The predicted octanol–water partition coefficient (Wildman–Crippen LogP) is 2.07. The average molecular weight is 307 g/mol. The molecule has 0 aliphatic carbocycles. The first-order valence-electron chi connectivity index (χ1n) is 6.67. The molecule has 21 heavy (non-hydrogen) atoms. The Balaban J connectivity index is 2.17. The minimum absolute atomic E-state index is 0.0117. The van der Waals surface area contributed by atoms with E-state index in [9.17, 15) is 13.2 Å². The molecule has 0 aliphatic rings. The average Bonchev–Trinajstić information content (AvgIpc) is 2.46. The Labute approximate surface area is 124 Å². The maximum absolute atomic E-state index is 12.3. The summed E-state index contributed by atoms with van der Waals surface area (Å²) in [5, 5.41) is 1.51. The minimum atomic E-state index is -3.66. The fourth-order valence-electron chi connectivity index (χ4n) is 2.03. The van der Waals surface area contributed by atoms with Gasteiger partial charge in [0, 0.05) is 11.9 Å². The van der Waals surface area contributed by atoms with Crippen LogP contribution in [0.25, 0.3) is 10.8 Å². The first-order chi connectivity index (χ1) is 10.0. The predicted molar refractivity (Wildman–Crippen MR) is 80.4 cm³/mol. The smallest absolute Gasteiger partial charge is 0.307 e. The van der Waals surface area contributed by atoms with Gasteiger partial charge >= 0.3 is 5.97 Å². The van der Waals surface area contributed by atoms with Crippen molar-refractivity contribution in [3.63, 3.8) is 0 Å². The summed E-state index contributed by atoms with van der Waals surface area (Å²) in [6, 6.07) is 12.4. The van der Waals surface area contributed by atoms with Crippen molar-refractivity contribution >= 4 is 26.8 Å². The van der Waals surface area contributed by atoms with E-state index in [1.54, 1.807) is 31.2 Å². The summed E-state index contributed by atoms with van der Waals surface area (Å²) >= 11 is 0. The second-order valence-electron chi connectivity index (χ2n) is 4.43. The Hall–Kier alpha value is -1.92. The van der Waals surface area contributed by atoms with Crippen LogP contribution in [0, 0.1) is 0 Å². The number of carbonyl (C=O) groups excluding carboxylic acids is 1. The zero-order chi connectivity index (χ0) is 15.3. The topological polar surface area (TPSA) is 72.5 Å². The Morgan fingerprint density at radius 3 is 2.62 bits per heavy atom. The van der Waals surface area contributed by atoms with Gasteiger partial charge in [-0.05, 0) is 18.4 Å². The van der Waals surface area contributed by atoms with Crippen molar-refractivity contribution in [2.24, 2.45) is 0 Å². The van der Waals surface area contributed by atoms with Crippen LogP contribution >= 0.6 is 0 Å². The molecule has 0 aliphatic heterocycles. The van der Waals surface area contributed by atoms with Crippen LogP contribution in [-0.4, -0.2) is 27.5 Å². The molecule has 0 fully saturated rings. The van der Waals surface area contributed by atoms with Crippen LogP contribution in [0.4, 0.5) is 0 Å². The molecule has 2 aromatic carbocycles. The van der Waals surface area contributed by atoms with Gasteiger partial charge in [-0.15, -0.1) is 0 Å². The second kappa shape index (κ2) is 6.69. The highest BCUT2D eigenvalue weighted by Crippen LogP contribution is 2.22. The Morgan fingerprint density at radius 2 is 1.86 bits per heavy atom. The lowest BCUT2D eigenvalue weighted by atomic mass is 10.1. The summed E-state index contributed by atoms with van der Waals surface area (Å²) in [7, 11) is -3.66. The first kappa shape index (κ1) is 15.5. The first-order valence-corrected chi connectivity index (χ1v) is 8.16. The molecule has 6 heteroatoms. The third-order valence-corrected chi connectivity index (χ3v) is 4.48. The minimum Gasteiger partial charge on any atom is -0.466 e. The summed E-state index contributed by atoms with van der Waals surface area (Å²) in [4.78, 5) is 11.4. The highest BCUT2D eigenvalue weighted by atomic mass is 32.2. The number of carbonyl (C=O) groups is 1. The Bertz CT molecular complexity index is 735. The molecule has 0 aromatic heterocycles. The maximum Gasteiger partial charge on any atom is 0.307 e. The maximum atomic E-state index is 12.3. The molecule has 2 rings (SSSR count). The van der Waals surface area contributed by atoms with Crippen LogP contribution in [0.3, 0.4) is 0 Å². The second-order valence-corrected chi connectivity index (χ2v) is 6.17. The SMILES string of the molecule is CCOC(=O)CCNS(=O)(=O)c1cccc2ccccc12.